The number of anilines is 1. The third-order valence-electron chi connectivity index (χ3n) is 2.41. The van der Waals surface area contributed by atoms with Gasteiger partial charge in [-0.1, -0.05) is 18.2 Å². The quantitative estimate of drug-likeness (QED) is 0.878. The standard InChI is InChI=1S/C13H14N2O2/c1-9-6-7-10-4-3-5-11(13(10)14-9)15-12(16)8-17-2/h3-7H,8H2,1-2H3,(H,15,16). The van der Waals surface area contributed by atoms with Gasteiger partial charge in [-0.2, -0.15) is 0 Å². The Morgan fingerprint density at radius 3 is 2.94 bits per heavy atom. The maximum atomic E-state index is 11.5. The van der Waals surface area contributed by atoms with Crippen LogP contribution in [0.1, 0.15) is 5.69 Å². The topological polar surface area (TPSA) is 51.2 Å². The van der Waals surface area contributed by atoms with Crippen LogP contribution in [0.5, 0.6) is 0 Å². The van der Waals surface area contributed by atoms with Crippen LogP contribution in [0.4, 0.5) is 5.69 Å². The fraction of sp³-hybridized carbons (Fsp3) is 0.231. The molecule has 0 fully saturated rings. The molecule has 2 rings (SSSR count). The number of benzene rings is 1. The van der Waals surface area contributed by atoms with Crippen molar-refractivity contribution in [1.82, 2.24) is 4.98 Å². The van der Waals surface area contributed by atoms with Gasteiger partial charge in [-0.3, -0.25) is 9.78 Å². The lowest BCUT2D eigenvalue weighted by atomic mass is 10.1. The first kappa shape index (κ1) is 11.5. The molecule has 0 aliphatic heterocycles. The van der Waals surface area contributed by atoms with Crippen LogP contribution in [0.3, 0.4) is 0 Å². The van der Waals surface area contributed by atoms with Crippen molar-refractivity contribution in [1.29, 1.82) is 0 Å². The molecular formula is C13H14N2O2. The molecule has 0 saturated carbocycles. The van der Waals surface area contributed by atoms with Gasteiger partial charge in [0.05, 0.1) is 11.2 Å². The van der Waals surface area contributed by atoms with E-state index >= 15 is 0 Å². The van der Waals surface area contributed by atoms with E-state index in [1.165, 1.54) is 7.11 Å². The zero-order valence-electron chi connectivity index (χ0n) is 9.86. The van der Waals surface area contributed by atoms with Crippen molar-refractivity contribution in [3.8, 4) is 0 Å². The van der Waals surface area contributed by atoms with Gasteiger partial charge in [-0.25, -0.2) is 0 Å². The van der Waals surface area contributed by atoms with E-state index < -0.39 is 0 Å². The van der Waals surface area contributed by atoms with E-state index in [2.05, 4.69) is 10.3 Å². The van der Waals surface area contributed by atoms with Gasteiger partial charge < -0.3 is 10.1 Å². The number of hydrogen-bond donors (Lipinski definition) is 1. The molecular weight excluding hydrogens is 216 g/mol. The van der Waals surface area contributed by atoms with Gasteiger partial charge in [0, 0.05) is 18.2 Å². The van der Waals surface area contributed by atoms with Crippen LogP contribution in [0, 0.1) is 6.92 Å². The highest BCUT2D eigenvalue weighted by molar-refractivity contribution is 6.00. The van der Waals surface area contributed by atoms with E-state index in [1.54, 1.807) is 0 Å². The highest BCUT2D eigenvalue weighted by Gasteiger charge is 2.06. The molecule has 0 atom stereocenters. The molecule has 17 heavy (non-hydrogen) atoms. The molecule has 1 N–H and O–H groups in total. The second-order valence-electron chi connectivity index (χ2n) is 3.81. The van der Waals surface area contributed by atoms with Crippen molar-refractivity contribution in [3.63, 3.8) is 0 Å². The largest absolute Gasteiger partial charge is 0.375 e. The summed E-state index contributed by atoms with van der Waals surface area (Å²) in [6.45, 7) is 1.97. The predicted molar refractivity (Wildman–Crippen MR) is 67.0 cm³/mol. The Balaban J connectivity index is 2.39. The third kappa shape index (κ3) is 2.60. The molecule has 88 valence electrons. The fourth-order valence-electron chi connectivity index (χ4n) is 1.66. The number of aromatic nitrogens is 1. The summed E-state index contributed by atoms with van der Waals surface area (Å²) in [7, 11) is 1.49. The minimum atomic E-state index is -0.177. The van der Waals surface area contributed by atoms with Crippen LogP contribution < -0.4 is 5.32 Å². The number of nitrogens with zero attached hydrogens (tertiary/aromatic N) is 1. The zero-order chi connectivity index (χ0) is 12.3. The molecule has 0 unspecified atom stereocenters. The van der Waals surface area contributed by atoms with Gasteiger partial charge >= 0.3 is 0 Å². The summed E-state index contributed by atoms with van der Waals surface area (Å²) in [6.07, 6.45) is 0. The minimum Gasteiger partial charge on any atom is -0.375 e. The summed E-state index contributed by atoms with van der Waals surface area (Å²) in [5, 5.41) is 3.79. The molecule has 0 radical (unpaired) electrons. The van der Waals surface area contributed by atoms with E-state index in [9.17, 15) is 4.79 Å². The highest BCUT2D eigenvalue weighted by atomic mass is 16.5. The Labute approximate surface area is 99.6 Å². The number of rotatable bonds is 3. The van der Waals surface area contributed by atoms with Crippen LogP contribution in [0.15, 0.2) is 30.3 Å². The number of carbonyl (C=O) groups excluding carboxylic acids is 1. The van der Waals surface area contributed by atoms with E-state index in [4.69, 9.17) is 4.74 Å². The lowest BCUT2D eigenvalue weighted by Gasteiger charge is -2.08. The molecule has 1 aromatic carbocycles. The maximum absolute atomic E-state index is 11.5. The second kappa shape index (κ2) is 4.93. The summed E-state index contributed by atoms with van der Waals surface area (Å²) in [6, 6.07) is 9.63. The number of aryl methyl sites for hydroxylation is 1. The lowest BCUT2D eigenvalue weighted by Crippen LogP contribution is -2.17. The first-order chi connectivity index (χ1) is 8.20. The molecule has 1 aromatic heterocycles. The SMILES string of the molecule is COCC(=O)Nc1cccc2ccc(C)nc12. The van der Waals surface area contributed by atoms with Gasteiger partial charge in [0.25, 0.3) is 0 Å². The van der Waals surface area contributed by atoms with Crippen LogP contribution in [-0.2, 0) is 9.53 Å². The monoisotopic (exact) mass is 230 g/mol. The van der Waals surface area contributed by atoms with Gasteiger partial charge in [0.2, 0.25) is 5.91 Å². The molecule has 0 aliphatic rings. The van der Waals surface area contributed by atoms with Crippen molar-refractivity contribution >= 4 is 22.5 Å². The molecule has 0 saturated heterocycles. The Bertz CT molecular complexity index is 552. The molecule has 1 amide bonds. The third-order valence-corrected chi connectivity index (χ3v) is 2.41. The van der Waals surface area contributed by atoms with E-state index in [0.29, 0.717) is 5.69 Å². The van der Waals surface area contributed by atoms with E-state index in [0.717, 1.165) is 16.6 Å². The molecule has 1 heterocycles. The first-order valence-electron chi connectivity index (χ1n) is 5.36. The average Bonchev–Trinajstić information content (AvgIpc) is 2.30. The molecule has 4 nitrogen and oxygen atoms in total. The number of ether oxygens (including phenoxy) is 1. The summed E-state index contributed by atoms with van der Waals surface area (Å²) < 4.78 is 4.78. The van der Waals surface area contributed by atoms with Crippen molar-refractivity contribution < 1.29 is 9.53 Å². The summed E-state index contributed by atoms with van der Waals surface area (Å²) in [5.41, 5.74) is 2.44. The number of methoxy groups -OCH3 is 1. The maximum Gasteiger partial charge on any atom is 0.250 e. The van der Waals surface area contributed by atoms with Crippen molar-refractivity contribution in [2.24, 2.45) is 0 Å². The van der Waals surface area contributed by atoms with Crippen molar-refractivity contribution in [3.05, 3.63) is 36.0 Å². The number of carbonyl (C=O) groups is 1. The molecule has 0 bridgehead atoms. The Morgan fingerprint density at radius 1 is 1.35 bits per heavy atom. The zero-order valence-corrected chi connectivity index (χ0v) is 9.86. The number of fused-ring (bicyclic) bond motifs is 1. The predicted octanol–water partition coefficient (Wildman–Crippen LogP) is 2.13. The molecule has 0 spiro atoms. The highest BCUT2D eigenvalue weighted by Crippen LogP contribution is 2.21. The van der Waals surface area contributed by atoms with Gasteiger partial charge in [0.1, 0.15) is 6.61 Å². The Kier molecular flexibility index (Phi) is 3.35. The first-order valence-corrected chi connectivity index (χ1v) is 5.36. The van der Waals surface area contributed by atoms with Gasteiger partial charge in [-0.05, 0) is 19.1 Å². The summed E-state index contributed by atoms with van der Waals surface area (Å²) in [4.78, 5) is 15.9. The normalized spacial score (nSPS) is 10.5. The molecule has 2 aromatic rings. The van der Waals surface area contributed by atoms with Crippen molar-refractivity contribution in [2.45, 2.75) is 6.92 Å². The van der Waals surface area contributed by atoms with Gasteiger partial charge in [0.15, 0.2) is 0 Å². The van der Waals surface area contributed by atoms with Crippen LogP contribution in [0.25, 0.3) is 10.9 Å². The number of pyridine rings is 1. The number of nitrogens with one attached hydrogen (secondary N) is 1. The van der Waals surface area contributed by atoms with Crippen LogP contribution in [0.2, 0.25) is 0 Å². The molecule has 4 heteroatoms. The molecule has 0 aliphatic carbocycles. The Hall–Kier alpha value is -1.94. The average molecular weight is 230 g/mol. The van der Waals surface area contributed by atoms with Crippen LogP contribution >= 0.6 is 0 Å². The smallest absolute Gasteiger partial charge is 0.250 e. The lowest BCUT2D eigenvalue weighted by molar-refractivity contribution is -0.119. The second-order valence-corrected chi connectivity index (χ2v) is 3.81. The Morgan fingerprint density at radius 2 is 2.18 bits per heavy atom. The number of amides is 1. The fourth-order valence-corrected chi connectivity index (χ4v) is 1.66. The van der Waals surface area contributed by atoms with Crippen molar-refractivity contribution in [2.75, 3.05) is 19.0 Å². The summed E-state index contributed by atoms with van der Waals surface area (Å²) >= 11 is 0. The van der Waals surface area contributed by atoms with E-state index in [1.807, 2.05) is 37.3 Å². The van der Waals surface area contributed by atoms with Crippen LogP contribution in [-0.4, -0.2) is 24.6 Å². The van der Waals surface area contributed by atoms with E-state index in [-0.39, 0.29) is 12.5 Å². The number of para-hydroxylation sites is 1. The van der Waals surface area contributed by atoms with Gasteiger partial charge in [-0.15, -0.1) is 0 Å². The number of hydrogen-bond acceptors (Lipinski definition) is 3. The summed E-state index contributed by atoms with van der Waals surface area (Å²) in [5.74, 6) is -0.177. The minimum absolute atomic E-state index is 0.0439.